The molecule has 0 aliphatic heterocycles. The minimum Gasteiger partial charge on any atom is -0.393 e. The van der Waals surface area contributed by atoms with E-state index in [1.807, 2.05) is 0 Å². The van der Waals surface area contributed by atoms with E-state index in [4.69, 9.17) is 0 Å². The Hall–Kier alpha value is -1.34. The van der Waals surface area contributed by atoms with E-state index in [9.17, 15) is 5.11 Å². The van der Waals surface area contributed by atoms with Gasteiger partial charge in [-0.15, -0.1) is 0 Å². The van der Waals surface area contributed by atoms with Crippen molar-refractivity contribution in [1.82, 2.24) is 0 Å². The van der Waals surface area contributed by atoms with E-state index < -0.39 is 0 Å². The van der Waals surface area contributed by atoms with Gasteiger partial charge < -0.3 is 5.11 Å². The van der Waals surface area contributed by atoms with Crippen LogP contribution in [-0.4, -0.2) is 11.2 Å². The second-order valence-electron chi connectivity index (χ2n) is 5.02. The van der Waals surface area contributed by atoms with Crippen molar-refractivity contribution >= 4 is 10.8 Å². The molecule has 0 radical (unpaired) electrons. The van der Waals surface area contributed by atoms with Crippen LogP contribution in [0.15, 0.2) is 42.5 Å². The van der Waals surface area contributed by atoms with Crippen molar-refractivity contribution in [2.45, 2.75) is 45.1 Å². The van der Waals surface area contributed by atoms with Gasteiger partial charge in [-0.05, 0) is 42.0 Å². The first kappa shape index (κ1) is 13.1. The summed E-state index contributed by atoms with van der Waals surface area (Å²) in [6, 6.07) is 15.1. The van der Waals surface area contributed by atoms with Crippen LogP contribution in [0, 0.1) is 0 Å². The van der Waals surface area contributed by atoms with Crippen molar-refractivity contribution < 1.29 is 5.11 Å². The molecule has 0 saturated carbocycles. The Balaban J connectivity index is 1.91. The predicted octanol–water partition coefficient (Wildman–Crippen LogP) is 4.32. The van der Waals surface area contributed by atoms with E-state index in [-0.39, 0.29) is 6.10 Å². The van der Waals surface area contributed by atoms with E-state index >= 15 is 0 Å². The van der Waals surface area contributed by atoms with Gasteiger partial charge in [-0.3, -0.25) is 0 Å². The Bertz CT molecular complexity index is 490. The van der Waals surface area contributed by atoms with Gasteiger partial charge in [0.15, 0.2) is 0 Å². The summed E-state index contributed by atoms with van der Waals surface area (Å²) in [5.74, 6) is 0. The molecule has 1 unspecified atom stereocenters. The first-order valence-corrected chi connectivity index (χ1v) is 6.95. The molecule has 1 atom stereocenters. The molecular formula is C17H22O. The zero-order valence-electron chi connectivity index (χ0n) is 11.1. The Morgan fingerprint density at radius 2 is 1.78 bits per heavy atom. The summed E-state index contributed by atoms with van der Waals surface area (Å²) in [5.41, 5.74) is 1.37. The molecule has 2 aromatic carbocycles. The summed E-state index contributed by atoms with van der Waals surface area (Å²) in [7, 11) is 0. The molecule has 0 aromatic heterocycles. The summed E-state index contributed by atoms with van der Waals surface area (Å²) in [6.07, 6.45) is 4.93. The third-order valence-electron chi connectivity index (χ3n) is 3.44. The molecule has 0 heterocycles. The minimum absolute atomic E-state index is 0.115. The number of hydrogen-bond acceptors (Lipinski definition) is 1. The van der Waals surface area contributed by atoms with Crippen LogP contribution >= 0.6 is 0 Å². The highest BCUT2D eigenvalue weighted by molar-refractivity contribution is 5.82. The molecular weight excluding hydrogens is 220 g/mol. The first-order valence-electron chi connectivity index (χ1n) is 6.95. The van der Waals surface area contributed by atoms with Gasteiger partial charge in [0.05, 0.1) is 6.10 Å². The zero-order chi connectivity index (χ0) is 12.8. The fourth-order valence-electron chi connectivity index (χ4n) is 2.41. The Labute approximate surface area is 109 Å². The van der Waals surface area contributed by atoms with Gasteiger partial charge in [0.2, 0.25) is 0 Å². The molecule has 0 saturated heterocycles. The van der Waals surface area contributed by atoms with E-state index in [2.05, 4.69) is 49.4 Å². The third-order valence-corrected chi connectivity index (χ3v) is 3.44. The second-order valence-corrected chi connectivity index (χ2v) is 5.02. The smallest absolute Gasteiger partial charge is 0.0540 e. The number of benzene rings is 2. The Morgan fingerprint density at radius 1 is 1.00 bits per heavy atom. The highest BCUT2D eigenvalue weighted by atomic mass is 16.3. The summed E-state index contributed by atoms with van der Waals surface area (Å²) in [6.45, 7) is 2.12. The third kappa shape index (κ3) is 3.58. The average Bonchev–Trinajstić information content (AvgIpc) is 2.39. The molecule has 0 fully saturated rings. The molecule has 96 valence electrons. The fraction of sp³-hybridized carbons (Fsp3) is 0.412. The number of aliphatic hydroxyl groups excluding tert-OH is 1. The maximum atomic E-state index is 9.70. The van der Waals surface area contributed by atoms with Crippen LogP contribution in [0.5, 0.6) is 0 Å². The van der Waals surface area contributed by atoms with Gasteiger partial charge in [0.1, 0.15) is 0 Å². The number of aryl methyl sites for hydroxylation is 1. The lowest BCUT2D eigenvalue weighted by atomic mass is 10.0. The number of aliphatic hydroxyl groups is 1. The second kappa shape index (κ2) is 6.55. The monoisotopic (exact) mass is 242 g/mol. The van der Waals surface area contributed by atoms with Crippen LogP contribution in [0.4, 0.5) is 0 Å². The van der Waals surface area contributed by atoms with Crippen molar-refractivity contribution in [2.75, 3.05) is 0 Å². The van der Waals surface area contributed by atoms with Crippen molar-refractivity contribution in [3.63, 3.8) is 0 Å². The fourth-order valence-corrected chi connectivity index (χ4v) is 2.41. The first-order chi connectivity index (χ1) is 8.79. The van der Waals surface area contributed by atoms with Gasteiger partial charge in [-0.1, -0.05) is 55.8 Å². The van der Waals surface area contributed by atoms with Crippen molar-refractivity contribution in [3.05, 3.63) is 48.0 Å². The largest absolute Gasteiger partial charge is 0.393 e. The predicted molar refractivity (Wildman–Crippen MR) is 77.8 cm³/mol. The van der Waals surface area contributed by atoms with Crippen molar-refractivity contribution in [2.24, 2.45) is 0 Å². The maximum absolute atomic E-state index is 9.70. The molecule has 1 heteroatoms. The number of hydrogen-bond donors (Lipinski definition) is 1. The van der Waals surface area contributed by atoms with Crippen LogP contribution in [0.1, 0.15) is 38.2 Å². The zero-order valence-corrected chi connectivity index (χ0v) is 11.1. The van der Waals surface area contributed by atoms with E-state index in [1.54, 1.807) is 0 Å². The van der Waals surface area contributed by atoms with Gasteiger partial charge in [-0.25, -0.2) is 0 Å². The van der Waals surface area contributed by atoms with Gasteiger partial charge in [0, 0.05) is 0 Å². The SMILES string of the molecule is CCCC(O)CCCc1ccc2ccccc2c1. The van der Waals surface area contributed by atoms with Crippen LogP contribution in [0.2, 0.25) is 0 Å². The highest BCUT2D eigenvalue weighted by Gasteiger charge is 2.03. The molecule has 0 aliphatic carbocycles. The van der Waals surface area contributed by atoms with Gasteiger partial charge in [-0.2, -0.15) is 0 Å². The van der Waals surface area contributed by atoms with E-state index in [0.717, 1.165) is 32.1 Å². The van der Waals surface area contributed by atoms with Gasteiger partial charge >= 0.3 is 0 Å². The summed E-state index contributed by atoms with van der Waals surface area (Å²) in [5, 5.41) is 12.3. The van der Waals surface area contributed by atoms with Crippen molar-refractivity contribution in [3.8, 4) is 0 Å². The quantitative estimate of drug-likeness (QED) is 0.799. The standard InChI is InChI=1S/C17H22O/c1-2-6-17(18)10-5-7-14-11-12-15-8-3-4-9-16(15)13-14/h3-4,8-9,11-13,17-18H,2,5-7,10H2,1H3. The number of rotatable bonds is 6. The lowest BCUT2D eigenvalue weighted by molar-refractivity contribution is 0.151. The maximum Gasteiger partial charge on any atom is 0.0540 e. The number of fused-ring (bicyclic) bond motifs is 1. The molecule has 18 heavy (non-hydrogen) atoms. The van der Waals surface area contributed by atoms with E-state index in [1.165, 1.54) is 16.3 Å². The van der Waals surface area contributed by atoms with Crippen LogP contribution < -0.4 is 0 Å². The van der Waals surface area contributed by atoms with Crippen LogP contribution in [0.25, 0.3) is 10.8 Å². The molecule has 2 rings (SSSR count). The molecule has 0 aliphatic rings. The van der Waals surface area contributed by atoms with Gasteiger partial charge in [0.25, 0.3) is 0 Å². The Morgan fingerprint density at radius 3 is 2.56 bits per heavy atom. The van der Waals surface area contributed by atoms with Crippen LogP contribution in [-0.2, 0) is 6.42 Å². The molecule has 0 spiro atoms. The normalized spacial score (nSPS) is 12.8. The lowest BCUT2D eigenvalue weighted by Crippen LogP contribution is -2.05. The molecule has 1 N–H and O–H groups in total. The van der Waals surface area contributed by atoms with Crippen molar-refractivity contribution in [1.29, 1.82) is 0 Å². The van der Waals surface area contributed by atoms with E-state index in [0.29, 0.717) is 0 Å². The lowest BCUT2D eigenvalue weighted by Gasteiger charge is -2.09. The van der Waals surface area contributed by atoms with Crippen LogP contribution in [0.3, 0.4) is 0 Å². The Kier molecular flexibility index (Phi) is 4.77. The summed E-state index contributed by atoms with van der Waals surface area (Å²) < 4.78 is 0. The molecule has 0 bridgehead atoms. The average molecular weight is 242 g/mol. The molecule has 1 nitrogen and oxygen atoms in total. The summed E-state index contributed by atoms with van der Waals surface area (Å²) in [4.78, 5) is 0. The minimum atomic E-state index is -0.115. The molecule has 2 aromatic rings. The molecule has 0 amide bonds. The topological polar surface area (TPSA) is 20.2 Å². The summed E-state index contributed by atoms with van der Waals surface area (Å²) >= 11 is 0. The highest BCUT2D eigenvalue weighted by Crippen LogP contribution is 2.17.